The maximum absolute atomic E-state index is 13.6. The van der Waals surface area contributed by atoms with Crippen molar-refractivity contribution >= 4 is 17.5 Å². The Labute approximate surface area is 115 Å². The van der Waals surface area contributed by atoms with Crippen LogP contribution < -0.4 is 16.0 Å². The number of halogens is 2. The third kappa shape index (κ3) is 4.30. The topological polar surface area (TPSA) is 75.3 Å². The molecule has 3 N–H and O–H groups in total. The predicted molar refractivity (Wildman–Crippen MR) is 71.7 cm³/mol. The number of hydrogen-bond donors (Lipinski definition) is 3. The summed E-state index contributed by atoms with van der Waals surface area (Å²) in [6.07, 6.45) is 0. The van der Waals surface area contributed by atoms with Crippen LogP contribution in [-0.2, 0) is 9.53 Å². The summed E-state index contributed by atoms with van der Waals surface area (Å²) in [6.45, 7) is 2.28. The van der Waals surface area contributed by atoms with Gasteiger partial charge in [0.2, 0.25) is 5.91 Å². The Hall–Kier alpha value is -1.96. The first kappa shape index (κ1) is 16.1. The van der Waals surface area contributed by atoms with Crippen molar-refractivity contribution in [3.63, 3.8) is 0 Å². The Bertz CT molecular complexity index is 471. The zero-order valence-corrected chi connectivity index (χ0v) is 11.6. The van der Waals surface area contributed by atoms with Gasteiger partial charge in [-0.25, -0.2) is 13.8 Å². The summed E-state index contributed by atoms with van der Waals surface area (Å²) in [5, 5.41) is 7.69. The number of amides is 1. The molecule has 1 heterocycles. The third-order valence-corrected chi connectivity index (χ3v) is 2.52. The fraction of sp³-hybridized carbons (Fsp3) is 0.500. The number of nitrogens with zero attached hydrogens (tertiary/aromatic N) is 1. The standard InChI is InChI=1S/C12H18F2N4O2/c1-7(12(19)16-4-5-20-3)17-11-9(14)6-8(13)10(15-2)18-11/h6-7H,4-5H2,1-3H3,(H,16,19)(H2,15,17,18). The highest BCUT2D eigenvalue weighted by Gasteiger charge is 2.17. The number of anilines is 2. The minimum atomic E-state index is -0.863. The largest absolute Gasteiger partial charge is 0.383 e. The van der Waals surface area contributed by atoms with Crippen LogP contribution in [0.25, 0.3) is 0 Å². The summed E-state index contributed by atoms with van der Waals surface area (Å²) in [7, 11) is 2.99. The SMILES string of the molecule is CNc1nc(NC(C)C(=O)NCCOC)c(F)cc1F. The highest BCUT2D eigenvalue weighted by atomic mass is 19.1. The molecule has 0 aliphatic carbocycles. The molecule has 1 atom stereocenters. The van der Waals surface area contributed by atoms with Crippen molar-refractivity contribution in [2.24, 2.45) is 0 Å². The molecular formula is C12H18F2N4O2. The number of ether oxygens (including phenoxy) is 1. The average Bonchev–Trinajstić information content (AvgIpc) is 2.41. The molecule has 1 aromatic rings. The van der Waals surface area contributed by atoms with Gasteiger partial charge in [-0.15, -0.1) is 0 Å². The third-order valence-electron chi connectivity index (χ3n) is 2.52. The van der Waals surface area contributed by atoms with Gasteiger partial charge in [0.1, 0.15) is 6.04 Å². The molecule has 6 nitrogen and oxygen atoms in total. The molecule has 0 aromatic carbocycles. The van der Waals surface area contributed by atoms with Crippen LogP contribution >= 0.6 is 0 Å². The van der Waals surface area contributed by atoms with Crippen LogP contribution in [0, 0.1) is 11.6 Å². The molecule has 112 valence electrons. The Morgan fingerprint density at radius 3 is 2.65 bits per heavy atom. The lowest BCUT2D eigenvalue weighted by Crippen LogP contribution is -2.39. The molecule has 1 unspecified atom stereocenters. The van der Waals surface area contributed by atoms with Crippen LogP contribution in [0.3, 0.4) is 0 Å². The maximum atomic E-state index is 13.6. The quantitative estimate of drug-likeness (QED) is 0.652. The molecule has 0 aliphatic heterocycles. The van der Waals surface area contributed by atoms with E-state index in [0.717, 1.165) is 0 Å². The van der Waals surface area contributed by atoms with Gasteiger partial charge in [-0.1, -0.05) is 0 Å². The fourth-order valence-electron chi connectivity index (χ4n) is 1.44. The van der Waals surface area contributed by atoms with Gasteiger partial charge in [-0.2, -0.15) is 0 Å². The normalized spacial score (nSPS) is 11.8. The Balaban J connectivity index is 2.70. The minimum absolute atomic E-state index is 0.0964. The number of aromatic nitrogens is 1. The van der Waals surface area contributed by atoms with Gasteiger partial charge >= 0.3 is 0 Å². The monoisotopic (exact) mass is 288 g/mol. The Kier molecular flexibility index (Phi) is 6.10. The lowest BCUT2D eigenvalue weighted by Gasteiger charge is -2.15. The predicted octanol–water partition coefficient (Wildman–Crippen LogP) is 0.964. The molecule has 20 heavy (non-hydrogen) atoms. The zero-order chi connectivity index (χ0) is 15.1. The second-order valence-electron chi connectivity index (χ2n) is 4.05. The van der Waals surface area contributed by atoms with Gasteiger partial charge in [0.25, 0.3) is 0 Å². The summed E-state index contributed by atoms with van der Waals surface area (Å²) in [5.74, 6) is -2.28. The Morgan fingerprint density at radius 1 is 1.40 bits per heavy atom. The van der Waals surface area contributed by atoms with Crippen molar-refractivity contribution in [2.75, 3.05) is 37.9 Å². The highest BCUT2D eigenvalue weighted by molar-refractivity contribution is 5.83. The van der Waals surface area contributed by atoms with Crippen LogP contribution in [0.2, 0.25) is 0 Å². The maximum Gasteiger partial charge on any atom is 0.242 e. The van der Waals surface area contributed by atoms with E-state index in [1.54, 1.807) is 6.92 Å². The molecule has 0 aliphatic rings. The van der Waals surface area contributed by atoms with E-state index in [2.05, 4.69) is 20.9 Å². The molecule has 0 saturated carbocycles. The van der Waals surface area contributed by atoms with Crippen molar-refractivity contribution in [3.8, 4) is 0 Å². The van der Waals surface area contributed by atoms with E-state index in [1.165, 1.54) is 14.2 Å². The lowest BCUT2D eigenvalue weighted by atomic mass is 10.3. The highest BCUT2D eigenvalue weighted by Crippen LogP contribution is 2.19. The lowest BCUT2D eigenvalue weighted by molar-refractivity contribution is -0.121. The molecule has 0 radical (unpaired) electrons. The van der Waals surface area contributed by atoms with E-state index in [9.17, 15) is 13.6 Å². The van der Waals surface area contributed by atoms with Crippen LogP contribution in [0.15, 0.2) is 6.07 Å². The number of carbonyl (C=O) groups is 1. The number of pyridine rings is 1. The fourth-order valence-corrected chi connectivity index (χ4v) is 1.44. The second-order valence-corrected chi connectivity index (χ2v) is 4.05. The summed E-state index contributed by atoms with van der Waals surface area (Å²) in [5.41, 5.74) is 0. The summed E-state index contributed by atoms with van der Waals surface area (Å²) in [4.78, 5) is 15.4. The molecule has 1 rings (SSSR count). The van der Waals surface area contributed by atoms with Gasteiger partial charge in [0, 0.05) is 26.8 Å². The second kappa shape index (κ2) is 7.59. The van der Waals surface area contributed by atoms with E-state index >= 15 is 0 Å². The molecule has 0 saturated heterocycles. The van der Waals surface area contributed by atoms with Gasteiger partial charge in [0.15, 0.2) is 23.3 Å². The van der Waals surface area contributed by atoms with Crippen molar-refractivity contribution in [1.82, 2.24) is 10.3 Å². The Morgan fingerprint density at radius 2 is 2.05 bits per heavy atom. The van der Waals surface area contributed by atoms with Crippen LogP contribution in [0.1, 0.15) is 6.92 Å². The molecule has 1 aromatic heterocycles. The van der Waals surface area contributed by atoms with Crippen molar-refractivity contribution < 1.29 is 18.3 Å². The number of carbonyl (C=O) groups excluding carboxylic acids is 1. The van der Waals surface area contributed by atoms with Gasteiger partial charge in [-0.3, -0.25) is 4.79 Å². The van der Waals surface area contributed by atoms with E-state index in [1.807, 2.05) is 0 Å². The molecule has 0 spiro atoms. The van der Waals surface area contributed by atoms with Crippen molar-refractivity contribution in [3.05, 3.63) is 17.7 Å². The van der Waals surface area contributed by atoms with E-state index in [0.29, 0.717) is 19.2 Å². The summed E-state index contributed by atoms with van der Waals surface area (Å²) < 4.78 is 31.6. The van der Waals surface area contributed by atoms with Gasteiger partial charge in [0.05, 0.1) is 6.61 Å². The smallest absolute Gasteiger partial charge is 0.242 e. The molecule has 0 bridgehead atoms. The van der Waals surface area contributed by atoms with E-state index in [-0.39, 0.29) is 17.5 Å². The van der Waals surface area contributed by atoms with Crippen LogP contribution in [0.4, 0.5) is 20.4 Å². The zero-order valence-electron chi connectivity index (χ0n) is 11.6. The number of methoxy groups -OCH3 is 1. The van der Waals surface area contributed by atoms with E-state index < -0.39 is 17.7 Å². The van der Waals surface area contributed by atoms with Crippen LogP contribution in [0.5, 0.6) is 0 Å². The first-order valence-electron chi connectivity index (χ1n) is 6.06. The minimum Gasteiger partial charge on any atom is -0.383 e. The number of hydrogen-bond acceptors (Lipinski definition) is 5. The summed E-state index contributed by atoms with van der Waals surface area (Å²) in [6, 6.07) is -0.0134. The van der Waals surface area contributed by atoms with Gasteiger partial charge < -0.3 is 20.7 Å². The van der Waals surface area contributed by atoms with Crippen molar-refractivity contribution in [1.29, 1.82) is 0 Å². The first-order chi connectivity index (χ1) is 9.49. The molecule has 1 amide bonds. The number of rotatable bonds is 7. The van der Waals surface area contributed by atoms with Gasteiger partial charge in [-0.05, 0) is 6.92 Å². The van der Waals surface area contributed by atoms with E-state index in [4.69, 9.17) is 4.74 Å². The van der Waals surface area contributed by atoms with Crippen molar-refractivity contribution in [2.45, 2.75) is 13.0 Å². The molecule has 8 heteroatoms. The van der Waals surface area contributed by atoms with Crippen LogP contribution in [-0.4, -0.2) is 44.2 Å². The number of nitrogens with one attached hydrogen (secondary N) is 3. The summed E-state index contributed by atoms with van der Waals surface area (Å²) >= 11 is 0. The molecule has 0 fully saturated rings. The molecular weight excluding hydrogens is 270 g/mol. The first-order valence-corrected chi connectivity index (χ1v) is 6.06. The average molecular weight is 288 g/mol.